The summed E-state index contributed by atoms with van der Waals surface area (Å²) in [5.41, 5.74) is 2.50. The summed E-state index contributed by atoms with van der Waals surface area (Å²) in [5, 5.41) is 8.67. The van der Waals surface area contributed by atoms with E-state index < -0.39 is 23.6 Å². The number of nitrogens with zero attached hydrogens (tertiary/aromatic N) is 5. The second-order valence-electron chi connectivity index (χ2n) is 7.77. The highest BCUT2D eigenvalue weighted by Crippen LogP contribution is 2.33. The molecule has 0 aliphatic heterocycles. The first kappa shape index (κ1) is 23.5. The molecule has 10 nitrogen and oxygen atoms in total. The van der Waals surface area contributed by atoms with Crippen LogP contribution in [-0.4, -0.2) is 36.5 Å². The second-order valence-corrected chi connectivity index (χ2v) is 7.77. The number of nitrogens with one attached hydrogen (secondary N) is 2. The maximum Gasteiger partial charge on any atom is 0.325 e. The third-order valence-corrected chi connectivity index (χ3v) is 5.22. The number of anilines is 1. The SMILES string of the molecule is O=C(Cc1ccc(F)cc1)NC(=O)Nc1ccc(Oc2ncnn3ccc(-c4cncnc4)c23)c(F)c1. The summed E-state index contributed by atoms with van der Waals surface area (Å²) in [5.74, 6) is -1.86. The lowest BCUT2D eigenvalue weighted by molar-refractivity contribution is -0.119. The van der Waals surface area contributed by atoms with Crippen molar-refractivity contribution >= 4 is 23.1 Å². The fraction of sp³-hybridized carbons (Fsp3) is 0.0400. The summed E-state index contributed by atoms with van der Waals surface area (Å²) in [7, 11) is 0. The molecule has 2 aromatic carbocycles. The van der Waals surface area contributed by atoms with E-state index in [9.17, 15) is 18.4 Å². The molecule has 2 N–H and O–H groups in total. The number of aromatic nitrogens is 5. The van der Waals surface area contributed by atoms with E-state index in [2.05, 4.69) is 30.7 Å². The zero-order valence-electron chi connectivity index (χ0n) is 18.9. The van der Waals surface area contributed by atoms with Gasteiger partial charge in [0, 0.05) is 41.5 Å². The first-order chi connectivity index (χ1) is 18.0. The molecule has 0 aliphatic rings. The molecule has 0 fully saturated rings. The highest BCUT2D eigenvalue weighted by atomic mass is 19.1. The van der Waals surface area contributed by atoms with Crippen LogP contribution in [0.1, 0.15) is 5.56 Å². The quantitative estimate of drug-likeness (QED) is 0.358. The maximum absolute atomic E-state index is 14.9. The monoisotopic (exact) mass is 501 g/mol. The average Bonchev–Trinajstić information content (AvgIpc) is 3.33. The van der Waals surface area contributed by atoms with E-state index >= 15 is 0 Å². The average molecular weight is 501 g/mol. The standard InChI is InChI=1S/C25H17F2N7O3/c26-17-3-1-15(2-4-17)9-22(35)33-25(36)32-18-5-6-21(20(27)10-18)37-24-23-19(16-11-28-13-29-12-16)7-8-34(23)31-14-30-24/h1-8,10-14H,9H2,(H2,32,33,35,36). The summed E-state index contributed by atoms with van der Waals surface area (Å²) >= 11 is 0. The van der Waals surface area contributed by atoms with Crippen LogP contribution in [0.4, 0.5) is 19.3 Å². The van der Waals surface area contributed by atoms with E-state index in [4.69, 9.17) is 4.74 Å². The van der Waals surface area contributed by atoms with Gasteiger partial charge in [-0.25, -0.2) is 28.1 Å². The first-order valence-electron chi connectivity index (χ1n) is 10.9. The normalized spacial score (nSPS) is 10.8. The summed E-state index contributed by atoms with van der Waals surface area (Å²) < 4.78 is 35.1. The van der Waals surface area contributed by atoms with Crippen molar-refractivity contribution in [3.63, 3.8) is 0 Å². The van der Waals surface area contributed by atoms with Gasteiger partial charge in [0.05, 0.1) is 6.42 Å². The lowest BCUT2D eigenvalue weighted by Crippen LogP contribution is -2.35. The third kappa shape index (κ3) is 5.37. The molecule has 3 amide bonds. The Morgan fingerprint density at radius 2 is 1.76 bits per heavy atom. The van der Waals surface area contributed by atoms with Gasteiger partial charge in [0.15, 0.2) is 11.6 Å². The summed E-state index contributed by atoms with van der Waals surface area (Å²) in [6.07, 6.45) is 7.49. The minimum Gasteiger partial charge on any atom is -0.434 e. The number of ether oxygens (including phenoxy) is 1. The van der Waals surface area contributed by atoms with E-state index in [1.165, 1.54) is 53.6 Å². The highest BCUT2D eigenvalue weighted by Gasteiger charge is 2.17. The van der Waals surface area contributed by atoms with Crippen molar-refractivity contribution in [2.75, 3.05) is 5.32 Å². The van der Waals surface area contributed by atoms with Crippen LogP contribution in [0.25, 0.3) is 16.6 Å². The van der Waals surface area contributed by atoms with Crippen LogP contribution in [0.15, 0.2) is 79.8 Å². The zero-order valence-corrected chi connectivity index (χ0v) is 18.9. The van der Waals surface area contributed by atoms with Crippen LogP contribution in [0, 0.1) is 11.6 Å². The molecule has 3 heterocycles. The Balaban J connectivity index is 1.28. The molecule has 0 saturated heterocycles. The third-order valence-electron chi connectivity index (χ3n) is 5.22. The first-order valence-corrected chi connectivity index (χ1v) is 10.9. The number of fused-ring (bicyclic) bond motifs is 1. The van der Waals surface area contributed by atoms with E-state index in [0.29, 0.717) is 22.2 Å². The molecule has 0 aliphatic carbocycles. The Bertz CT molecular complexity index is 1590. The molecule has 0 radical (unpaired) electrons. The second kappa shape index (κ2) is 10.2. The lowest BCUT2D eigenvalue weighted by atomic mass is 10.1. The number of halogens is 2. The van der Waals surface area contributed by atoms with Crippen LogP contribution >= 0.6 is 0 Å². The van der Waals surface area contributed by atoms with Crippen LogP contribution in [0.5, 0.6) is 11.6 Å². The summed E-state index contributed by atoms with van der Waals surface area (Å²) in [6.45, 7) is 0. The lowest BCUT2D eigenvalue weighted by Gasteiger charge is -2.11. The van der Waals surface area contributed by atoms with Gasteiger partial charge in [-0.2, -0.15) is 10.1 Å². The Labute approximate surface area is 208 Å². The number of hydrogen-bond donors (Lipinski definition) is 2. The molecule has 5 rings (SSSR count). The van der Waals surface area contributed by atoms with Crippen LogP contribution in [0.3, 0.4) is 0 Å². The van der Waals surface area contributed by atoms with Crippen molar-refractivity contribution in [3.8, 4) is 22.8 Å². The number of rotatable bonds is 6. The number of urea groups is 1. The number of benzene rings is 2. The van der Waals surface area contributed by atoms with Gasteiger partial charge in [-0.1, -0.05) is 12.1 Å². The summed E-state index contributed by atoms with van der Waals surface area (Å²) in [6, 6.07) is 10.0. The van der Waals surface area contributed by atoms with E-state index in [1.807, 2.05) is 0 Å². The number of amides is 3. The van der Waals surface area contributed by atoms with E-state index in [0.717, 1.165) is 6.07 Å². The number of carbonyl (C=O) groups is 2. The van der Waals surface area contributed by atoms with Crippen LogP contribution in [0.2, 0.25) is 0 Å². The molecule has 184 valence electrons. The fourth-order valence-electron chi connectivity index (χ4n) is 3.56. The molecule has 0 unspecified atom stereocenters. The van der Waals surface area contributed by atoms with Crippen molar-refractivity contribution in [1.29, 1.82) is 0 Å². The van der Waals surface area contributed by atoms with Gasteiger partial charge in [-0.05, 0) is 35.9 Å². The van der Waals surface area contributed by atoms with E-state index in [1.54, 1.807) is 24.7 Å². The minimum atomic E-state index is -0.847. The molecular weight excluding hydrogens is 484 g/mol. The van der Waals surface area contributed by atoms with Crippen molar-refractivity contribution < 1.29 is 23.1 Å². The Morgan fingerprint density at radius 3 is 2.51 bits per heavy atom. The molecule has 0 bridgehead atoms. The van der Waals surface area contributed by atoms with E-state index in [-0.39, 0.29) is 23.7 Å². The van der Waals surface area contributed by atoms with Crippen molar-refractivity contribution in [3.05, 3.63) is 97.0 Å². The van der Waals surface area contributed by atoms with Crippen LogP contribution in [-0.2, 0) is 11.2 Å². The van der Waals surface area contributed by atoms with Gasteiger partial charge >= 0.3 is 6.03 Å². The van der Waals surface area contributed by atoms with Gasteiger partial charge in [0.2, 0.25) is 11.8 Å². The smallest absolute Gasteiger partial charge is 0.325 e. The minimum absolute atomic E-state index is 0.0922. The van der Waals surface area contributed by atoms with Gasteiger partial charge in [-0.3, -0.25) is 10.1 Å². The Morgan fingerprint density at radius 1 is 0.973 bits per heavy atom. The zero-order chi connectivity index (χ0) is 25.8. The molecular formula is C25H17F2N7O3. The number of hydrogen-bond acceptors (Lipinski definition) is 7. The van der Waals surface area contributed by atoms with Crippen molar-refractivity contribution in [1.82, 2.24) is 29.9 Å². The molecule has 0 spiro atoms. The molecule has 12 heteroatoms. The largest absolute Gasteiger partial charge is 0.434 e. The topological polar surface area (TPSA) is 123 Å². The molecule has 0 atom stereocenters. The van der Waals surface area contributed by atoms with Gasteiger partial charge in [-0.15, -0.1) is 0 Å². The fourth-order valence-corrected chi connectivity index (χ4v) is 3.56. The van der Waals surface area contributed by atoms with Crippen LogP contribution < -0.4 is 15.4 Å². The maximum atomic E-state index is 14.9. The van der Waals surface area contributed by atoms with Gasteiger partial charge in [0.25, 0.3) is 0 Å². The Kier molecular flexibility index (Phi) is 6.45. The van der Waals surface area contributed by atoms with Gasteiger partial charge in [0.1, 0.15) is 24.0 Å². The molecule has 3 aromatic heterocycles. The predicted octanol–water partition coefficient (Wildman–Crippen LogP) is 4.15. The number of carbonyl (C=O) groups excluding carboxylic acids is 2. The molecule has 5 aromatic rings. The predicted molar refractivity (Wildman–Crippen MR) is 128 cm³/mol. The van der Waals surface area contributed by atoms with Gasteiger partial charge < -0.3 is 10.1 Å². The Hall–Kier alpha value is -5.26. The molecule has 37 heavy (non-hydrogen) atoms. The summed E-state index contributed by atoms with van der Waals surface area (Å²) in [4.78, 5) is 36.4. The highest BCUT2D eigenvalue weighted by molar-refractivity contribution is 6.01. The van der Waals surface area contributed by atoms with Crippen molar-refractivity contribution in [2.24, 2.45) is 0 Å². The van der Waals surface area contributed by atoms with Crippen molar-refractivity contribution in [2.45, 2.75) is 6.42 Å². The molecule has 0 saturated carbocycles. The number of imide groups is 1.